The molecule has 0 radical (unpaired) electrons. The molecule has 0 fully saturated rings. The van der Waals surface area contributed by atoms with Crippen molar-refractivity contribution in [2.24, 2.45) is 0 Å². The van der Waals surface area contributed by atoms with Crippen molar-refractivity contribution in [2.75, 3.05) is 6.54 Å². The van der Waals surface area contributed by atoms with Crippen LogP contribution in [0.5, 0.6) is 0 Å². The summed E-state index contributed by atoms with van der Waals surface area (Å²) in [5, 5.41) is 2.85. The fourth-order valence-electron chi connectivity index (χ4n) is 2.72. The number of benzene rings is 1. The van der Waals surface area contributed by atoms with Crippen molar-refractivity contribution >= 4 is 34.5 Å². The monoisotopic (exact) mass is 397 g/mol. The number of thiophene rings is 1. The predicted octanol–water partition coefficient (Wildman–Crippen LogP) is 4.14. The van der Waals surface area contributed by atoms with E-state index in [4.69, 9.17) is 16.4 Å². The van der Waals surface area contributed by atoms with Crippen molar-refractivity contribution in [3.63, 3.8) is 0 Å². The van der Waals surface area contributed by atoms with Crippen LogP contribution < -0.4 is 10.8 Å². The van der Waals surface area contributed by atoms with Gasteiger partial charge in [0.25, 0.3) is 5.91 Å². The first-order valence-corrected chi connectivity index (χ1v) is 9.57. The molecule has 1 aliphatic rings. The number of hydrogen-bond acceptors (Lipinski definition) is 5. The highest BCUT2D eigenvalue weighted by Crippen LogP contribution is 2.23. The Morgan fingerprint density at radius 2 is 1.96 bits per heavy atom. The standard InChI is InChI=1S/C20H16ClN3O2S/c21-19-9-8-18(27-19)20(25)23-12-15-11-17(24-26-15)14-6-4-13(5-7-14)16-3-1-2-10-22-16/h1-11,15,24H,12H2,(H,23,25). The van der Waals surface area contributed by atoms with Crippen LogP contribution in [0.25, 0.3) is 17.0 Å². The van der Waals surface area contributed by atoms with Crippen LogP contribution in [0.15, 0.2) is 66.9 Å². The number of pyridine rings is 1. The summed E-state index contributed by atoms with van der Waals surface area (Å²) in [5.74, 6) is -0.155. The van der Waals surface area contributed by atoms with E-state index in [0.29, 0.717) is 15.8 Å². The zero-order valence-corrected chi connectivity index (χ0v) is 15.8. The molecule has 2 N–H and O–H groups in total. The van der Waals surface area contributed by atoms with Crippen molar-refractivity contribution in [3.05, 3.63) is 81.6 Å². The van der Waals surface area contributed by atoms with Crippen LogP contribution in [0.2, 0.25) is 4.34 Å². The fourth-order valence-corrected chi connectivity index (χ4v) is 3.68. The molecule has 2 aromatic heterocycles. The van der Waals surface area contributed by atoms with Crippen LogP contribution in [-0.2, 0) is 4.84 Å². The first-order valence-electron chi connectivity index (χ1n) is 8.38. The number of nitrogens with zero attached hydrogens (tertiary/aromatic N) is 1. The maximum absolute atomic E-state index is 12.1. The third kappa shape index (κ3) is 4.19. The Bertz CT molecular complexity index is 970. The Kier molecular flexibility index (Phi) is 5.20. The van der Waals surface area contributed by atoms with Crippen LogP contribution >= 0.6 is 22.9 Å². The Labute approximate surface area is 165 Å². The van der Waals surface area contributed by atoms with Gasteiger partial charge in [-0.05, 0) is 35.9 Å². The van der Waals surface area contributed by atoms with Gasteiger partial charge in [-0.3, -0.25) is 20.1 Å². The van der Waals surface area contributed by atoms with Crippen LogP contribution in [0.3, 0.4) is 0 Å². The highest BCUT2D eigenvalue weighted by molar-refractivity contribution is 7.17. The van der Waals surface area contributed by atoms with Gasteiger partial charge in [0, 0.05) is 11.8 Å². The van der Waals surface area contributed by atoms with Crippen LogP contribution in [0.4, 0.5) is 0 Å². The molecule has 1 amide bonds. The van der Waals surface area contributed by atoms with Crippen LogP contribution in [0.1, 0.15) is 15.2 Å². The second-order valence-corrected chi connectivity index (χ2v) is 7.66. The maximum atomic E-state index is 12.1. The lowest BCUT2D eigenvalue weighted by Crippen LogP contribution is -2.31. The zero-order valence-electron chi connectivity index (χ0n) is 14.2. The van der Waals surface area contributed by atoms with E-state index in [1.807, 2.05) is 48.5 Å². The SMILES string of the molecule is O=C(NCC1C=C(c2ccc(-c3ccccn3)cc2)NO1)c1ccc(Cl)s1. The van der Waals surface area contributed by atoms with Crippen LogP contribution in [0, 0.1) is 0 Å². The molecule has 4 rings (SSSR count). The van der Waals surface area contributed by atoms with E-state index in [2.05, 4.69) is 15.8 Å². The third-order valence-corrected chi connectivity index (χ3v) is 5.32. The molecule has 27 heavy (non-hydrogen) atoms. The number of carbonyl (C=O) groups is 1. The Morgan fingerprint density at radius 3 is 2.67 bits per heavy atom. The normalized spacial score (nSPS) is 15.9. The number of rotatable bonds is 5. The molecule has 1 aliphatic heterocycles. The summed E-state index contributed by atoms with van der Waals surface area (Å²) in [4.78, 5) is 22.5. The van der Waals surface area contributed by atoms with Gasteiger partial charge in [0.1, 0.15) is 6.10 Å². The molecule has 1 unspecified atom stereocenters. The highest BCUT2D eigenvalue weighted by Gasteiger charge is 2.19. The quantitative estimate of drug-likeness (QED) is 0.679. The molecule has 3 heterocycles. The molecule has 0 saturated heterocycles. The number of hydroxylamine groups is 1. The summed E-state index contributed by atoms with van der Waals surface area (Å²) in [6, 6.07) is 17.3. The van der Waals surface area contributed by atoms with Crippen molar-refractivity contribution in [1.29, 1.82) is 0 Å². The van der Waals surface area contributed by atoms with E-state index in [1.165, 1.54) is 11.3 Å². The Hall–Kier alpha value is -2.67. The summed E-state index contributed by atoms with van der Waals surface area (Å²) in [7, 11) is 0. The second kappa shape index (κ2) is 7.92. The maximum Gasteiger partial charge on any atom is 0.261 e. The van der Waals surface area contributed by atoms with Gasteiger partial charge in [-0.15, -0.1) is 11.3 Å². The first kappa shape index (κ1) is 17.7. The number of halogens is 1. The molecule has 0 aliphatic carbocycles. The molecule has 1 atom stereocenters. The molecular formula is C20H16ClN3O2S. The van der Waals surface area contributed by atoms with E-state index in [0.717, 1.165) is 22.5 Å². The minimum Gasteiger partial charge on any atom is -0.348 e. The average Bonchev–Trinajstić information content (AvgIpc) is 3.36. The van der Waals surface area contributed by atoms with E-state index >= 15 is 0 Å². The molecule has 0 saturated carbocycles. The predicted molar refractivity (Wildman–Crippen MR) is 107 cm³/mol. The van der Waals surface area contributed by atoms with E-state index in [-0.39, 0.29) is 12.0 Å². The lowest BCUT2D eigenvalue weighted by atomic mass is 10.1. The Balaban J connectivity index is 1.38. The smallest absolute Gasteiger partial charge is 0.261 e. The summed E-state index contributed by atoms with van der Waals surface area (Å²) in [6.45, 7) is 0.372. The summed E-state index contributed by atoms with van der Waals surface area (Å²) < 4.78 is 0.593. The van der Waals surface area contributed by atoms with E-state index < -0.39 is 0 Å². The molecule has 7 heteroatoms. The van der Waals surface area contributed by atoms with Crippen molar-refractivity contribution < 1.29 is 9.63 Å². The summed E-state index contributed by atoms with van der Waals surface area (Å²) in [5.41, 5.74) is 6.80. The van der Waals surface area contributed by atoms with Crippen molar-refractivity contribution in [1.82, 2.24) is 15.8 Å². The van der Waals surface area contributed by atoms with Gasteiger partial charge in [0.2, 0.25) is 0 Å². The Morgan fingerprint density at radius 1 is 1.15 bits per heavy atom. The first-order chi connectivity index (χ1) is 13.2. The van der Waals surface area contributed by atoms with Gasteiger partial charge in [0.15, 0.2) is 0 Å². The number of hydrogen-bond donors (Lipinski definition) is 2. The summed E-state index contributed by atoms with van der Waals surface area (Å²) in [6.07, 6.45) is 3.49. The number of carbonyl (C=O) groups excluding carboxylic acids is 1. The zero-order chi connectivity index (χ0) is 18.6. The molecule has 0 spiro atoms. The topological polar surface area (TPSA) is 63.2 Å². The van der Waals surface area contributed by atoms with Gasteiger partial charge in [-0.2, -0.15) is 0 Å². The minimum atomic E-state index is -0.241. The van der Waals surface area contributed by atoms with E-state index in [1.54, 1.807) is 18.3 Å². The third-order valence-electron chi connectivity index (χ3n) is 4.09. The van der Waals surface area contributed by atoms with Gasteiger partial charge < -0.3 is 5.32 Å². The lowest BCUT2D eigenvalue weighted by molar-refractivity contribution is 0.0499. The number of nitrogens with one attached hydrogen (secondary N) is 2. The molecule has 1 aromatic carbocycles. The molecule has 3 aromatic rings. The van der Waals surface area contributed by atoms with Gasteiger partial charge in [0.05, 0.1) is 27.1 Å². The molecular weight excluding hydrogens is 382 g/mol. The minimum absolute atomic E-state index is 0.155. The number of aromatic nitrogens is 1. The average molecular weight is 398 g/mol. The van der Waals surface area contributed by atoms with Crippen LogP contribution in [-0.4, -0.2) is 23.5 Å². The second-order valence-electron chi connectivity index (χ2n) is 5.94. The largest absolute Gasteiger partial charge is 0.348 e. The van der Waals surface area contributed by atoms with Gasteiger partial charge >= 0.3 is 0 Å². The van der Waals surface area contributed by atoms with Gasteiger partial charge in [-0.1, -0.05) is 41.9 Å². The highest BCUT2D eigenvalue weighted by atomic mass is 35.5. The van der Waals surface area contributed by atoms with Gasteiger partial charge in [-0.25, -0.2) is 0 Å². The number of amides is 1. The fraction of sp³-hybridized carbons (Fsp3) is 0.100. The van der Waals surface area contributed by atoms with E-state index in [9.17, 15) is 4.79 Å². The van der Waals surface area contributed by atoms with Crippen molar-refractivity contribution in [3.8, 4) is 11.3 Å². The van der Waals surface area contributed by atoms with Crippen molar-refractivity contribution in [2.45, 2.75) is 6.10 Å². The summed E-state index contributed by atoms with van der Waals surface area (Å²) >= 11 is 7.11. The molecule has 136 valence electrons. The molecule has 5 nitrogen and oxygen atoms in total. The lowest BCUT2D eigenvalue weighted by Gasteiger charge is -2.08. The molecule has 0 bridgehead atoms.